The van der Waals surface area contributed by atoms with Crippen molar-refractivity contribution in [3.8, 4) is 0 Å². The Balaban J connectivity index is 1.93. The predicted molar refractivity (Wildman–Crippen MR) is 111 cm³/mol. The first-order valence-electron chi connectivity index (χ1n) is 9.08. The van der Waals surface area contributed by atoms with E-state index in [1.807, 2.05) is 0 Å². The van der Waals surface area contributed by atoms with Crippen molar-refractivity contribution in [3.05, 3.63) is 0 Å². The molecule has 0 aliphatic carbocycles. The van der Waals surface area contributed by atoms with E-state index in [4.69, 9.17) is 18.9 Å². The molecule has 1 saturated heterocycles. The number of halogens is 1. The van der Waals surface area contributed by atoms with Gasteiger partial charge in [-0.05, 0) is 6.42 Å². The number of esters is 2. The van der Waals surface area contributed by atoms with Crippen LogP contribution >= 0.6 is 34.4 Å². The minimum Gasteiger partial charge on any atom is -0.463 e. The standard InChI is InChI=1S/C17H27IN2O6S/c1-4-5-7-23-8-6-19-17-20-14-15(25-11(3)22)13(18)12(9-24-10(2)21)26-16(14)27-17/h12-16H,4-9H2,1-3H3,(H,19,20)/t12-,13-,14-,15+,16-/m1/s1. The van der Waals surface area contributed by atoms with Gasteiger partial charge in [0.1, 0.15) is 30.3 Å². The molecule has 0 amide bonds. The van der Waals surface area contributed by atoms with Crippen molar-refractivity contribution in [2.45, 2.75) is 61.2 Å². The van der Waals surface area contributed by atoms with Gasteiger partial charge in [0.25, 0.3) is 0 Å². The monoisotopic (exact) mass is 514 g/mol. The molecule has 0 aromatic rings. The summed E-state index contributed by atoms with van der Waals surface area (Å²) >= 11 is 3.64. The maximum absolute atomic E-state index is 11.6. The fourth-order valence-corrected chi connectivity index (χ4v) is 4.80. The van der Waals surface area contributed by atoms with Crippen LogP contribution < -0.4 is 5.32 Å². The molecule has 5 atom stereocenters. The van der Waals surface area contributed by atoms with Gasteiger partial charge in [-0.2, -0.15) is 0 Å². The Bertz CT molecular complexity index is 550. The highest BCUT2D eigenvalue weighted by Crippen LogP contribution is 2.39. The summed E-state index contributed by atoms with van der Waals surface area (Å²) in [6.45, 7) is 7.00. The summed E-state index contributed by atoms with van der Waals surface area (Å²) in [4.78, 5) is 27.3. The molecule has 1 fully saturated rings. The lowest BCUT2D eigenvalue weighted by atomic mass is 10.0. The van der Waals surface area contributed by atoms with Crippen LogP contribution in [-0.4, -0.2) is 71.1 Å². The van der Waals surface area contributed by atoms with Crippen LogP contribution in [0.5, 0.6) is 0 Å². The van der Waals surface area contributed by atoms with Crippen LogP contribution in [0.4, 0.5) is 0 Å². The third kappa shape index (κ3) is 7.06. The number of alkyl halides is 1. The molecule has 0 aromatic carbocycles. The van der Waals surface area contributed by atoms with E-state index in [9.17, 15) is 9.59 Å². The molecule has 1 N–H and O–H groups in total. The molecule has 27 heavy (non-hydrogen) atoms. The van der Waals surface area contributed by atoms with Crippen LogP contribution in [0.3, 0.4) is 0 Å². The van der Waals surface area contributed by atoms with Crippen molar-refractivity contribution in [2.24, 2.45) is 4.99 Å². The SMILES string of the molecule is CCCCOCCNC1=N[C@@H]2[C@@H](OC(C)=O)[C@H](I)[C@@H](COC(C)=O)O[C@@H]2S1. The first-order valence-corrected chi connectivity index (χ1v) is 11.2. The van der Waals surface area contributed by atoms with Gasteiger partial charge in [-0.25, -0.2) is 0 Å². The average molecular weight is 514 g/mol. The van der Waals surface area contributed by atoms with Crippen LogP contribution in [0, 0.1) is 0 Å². The molecule has 2 aliphatic rings. The van der Waals surface area contributed by atoms with E-state index in [-0.39, 0.29) is 40.1 Å². The van der Waals surface area contributed by atoms with Crippen LogP contribution in [0.1, 0.15) is 33.6 Å². The second-order valence-electron chi connectivity index (χ2n) is 6.30. The summed E-state index contributed by atoms with van der Waals surface area (Å²) in [7, 11) is 0. The van der Waals surface area contributed by atoms with Gasteiger partial charge < -0.3 is 24.3 Å². The maximum atomic E-state index is 11.6. The Hall–Kier alpha value is -0.590. The number of unbranched alkanes of at least 4 members (excludes halogenated alkanes) is 1. The van der Waals surface area contributed by atoms with E-state index in [2.05, 4.69) is 39.8 Å². The molecular formula is C17H27IN2O6S. The number of carbonyl (C=O) groups excluding carboxylic acids is 2. The van der Waals surface area contributed by atoms with Gasteiger partial charge in [-0.3, -0.25) is 14.6 Å². The van der Waals surface area contributed by atoms with Crippen molar-refractivity contribution in [1.29, 1.82) is 0 Å². The Kier molecular flexibility index (Phi) is 9.60. The van der Waals surface area contributed by atoms with Gasteiger partial charge in [0, 0.05) is 27.0 Å². The zero-order valence-electron chi connectivity index (χ0n) is 15.8. The summed E-state index contributed by atoms with van der Waals surface area (Å²) in [6.07, 6.45) is 1.37. The number of fused-ring (bicyclic) bond motifs is 1. The Morgan fingerprint density at radius 1 is 1.30 bits per heavy atom. The third-order valence-corrected chi connectivity index (χ3v) is 6.61. The van der Waals surface area contributed by atoms with E-state index in [0.29, 0.717) is 13.2 Å². The highest BCUT2D eigenvalue weighted by Gasteiger charge is 2.50. The Labute approximate surface area is 177 Å². The minimum absolute atomic E-state index is 0.124. The summed E-state index contributed by atoms with van der Waals surface area (Å²) in [5.41, 5.74) is -0.288. The first kappa shape index (κ1) is 22.7. The molecule has 0 aromatic heterocycles. The van der Waals surface area contributed by atoms with E-state index < -0.39 is 6.10 Å². The number of hydrogen-bond acceptors (Lipinski definition) is 9. The highest BCUT2D eigenvalue weighted by molar-refractivity contribution is 14.1. The van der Waals surface area contributed by atoms with Crippen LogP contribution in [-0.2, 0) is 28.5 Å². The van der Waals surface area contributed by atoms with Gasteiger partial charge in [0.15, 0.2) is 5.17 Å². The van der Waals surface area contributed by atoms with E-state index in [1.165, 1.54) is 25.6 Å². The van der Waals surface area contributed by atoms with Crippen molar-refractivity contribution in [3.63, 3.8) is 0 Å². The number of carbonyl (C=O) groups is 2. The number of nitrogens with zero attached hydrogens (tertiary/aromatic N) is 1. The van der Waals surface area contributed by atoms with E-state index in [0.717, 1.165) is 24.6 Å². The molecule has 10 heteroatoms. The lowest BCUT2D eigenvalue weighted by Crippen LogP contribution is -2.55. The lowest BCUT2D eigenvalue weighted by molar-refractivity contribution is -0.162. The topological polar surface area (TPSA) is 95.5 Å². The summed E-state index contributed by atoms with van der Waals surface area (Å²) in [5.74, 6) is -0.728. The molecule has 2 heterocycles. The zero-order chi connectivity index (χ0) is 19.8. The molecule has 8 nitrogen and oxygen atoms in total. The normalized spacial score (nSPS) is 29.6. The molecular weight excluding hydrogens is 487 g/mol. The molecule has 0 saturated carbocycles. The number of rotatable bonds is 9. The summed E-state index contributed by atoms with van der Waals surface area (Å²) < 4.78 is 22.1. The molecule has 2 aliphatic heterocycles. The van der Waals surface area contributed by atoms with Crippen molar-refractivity contribution in [1.82, 2.24) is 5.32 Å². The molecule has 2 rings (SSSR count). The molecule has 154 valence electrons. The van der Waals surface area contributed by atoms with Crippen LogP contribution in [0.25, 0.3) is 0 Å². The van der Waals surface area contributed by atoms with Crippen LogP contribution in [0.15, 0.2) is 4.99 Å². The molecule has 0 spiro atoms. The largest absolute Gasteiger partial charge is 0.463 e. The first-order chi connectivity index (χ1) is 12.9. The van der Waals surface area contributed by atoms with Crippen molar-refractivity contribution < 1.29 is 28.5 Å². The van der Waals surface area contributed by atoms with Gasteiger partial charge in [-0.1, -0.05) is 47.7 Å². The third-order valence-electron chi connectivity index (χ3n) is 4.01. The minimum atomic E-state index is -0.435. The quantitative estimate of drug-likeness (QED) is 0.216. The fourth-order valence-electron chi connectivity index (χ4n) is 2.71. The van der Waals surface area contributed by atoms with Gasteiger partial charge >= 0.3 is 11.9 Å². The Morgan fingerprint density at radius 3 is 2.74 bits per heavy atom. The van der Waals surface area contributed by atoms with Gasteiger partial charge in [-0.15, -0.1) is 0 Å². The number of ether oxygens (including phenoxy) is 4. The molecule has 0 radical (unpaired) electrons. The Morgan fingerprint density at radius 2 is 2.07 bits per heavy atom. The second kappa shape index (κ2) is 11.4. The number of hydrogen-bond donors (Lipinski definition) is 1. The number of amidine groups is 1. The fraction of sp³-hybridized carbons (Fsp3) is 0.824. The van der Waals surface area contributed by atoms with E-state index >= 15 is 0 Å². The summed E-state index contributed by atoms with van der Waals surface area (Å²) in [6, 6.07) is -0.294. The predicted octanol–water partition coefficient (Wildman–Crippen LogP) is 1.89. The van der Waals surface area contributed by atoms with Crippen molar-refractivity contribution in [2.75, 3.05) is 26.4 Å². The highest BCUT2D eigenvalue weighted by atomic mass is 127. The number of aliphatic imine (C=N–C) groups is 1. The van der Waals surface area contributed by atoms with Crippen LogP contribution in [0.2, 0.25) is 0 Å². The zero-order valence-corrected chi connectivity index (χ0v) is 18.8. The summed E-state index contributed by atoms with van der Waals surface area (Å²) in [5, 5.41) is 4.00. The smallest absolute Gasteiger partial charge is 0.303 e. The second-order valence-corrected chi connectivity index (χ2v) is 8.82. The molecule has 0 bridgehead atoms. The number of nitrogens with one attached hydrogen (secondary N) is 1. The van der Waals surface area contributed by atoms with E-state index in [1.54, 1.807) is 0 Å². The number of thioether (sulfide) groups is 1. The lowest BCUT2D eigenvalue weighted by Gasteiger charge is -2.39. The van der Waals surface area contributed by atoms with Gasteiger partial charge in [0.2, 0.25) is 0 Å². The average Bonchev–Trinajstić information content (AvgIpc) is 3.01. The van der Waals surface area contributed by atoms with Crippen molar-refractivity contribution >= 4 is 51.5 Å². The maximum Gasteiger partial charge on any atom is 0.303 e. The van der Waals surface area contributed by atoms with Gasteiger partial charge in [0.05, 0.1) is 10.5 Å². The molecule has 0 unspecified atom stereocenters.